The van der Waals surface area contributed by atoms with Gasteiger partial charge in [-0.3, -0.25) is 0 Å². The van der Waals surface area contributed by atoms with Gasteiger partial charge >= 0.3 is 0 Å². The predicted octanol–water partition coefficient (Wildman–Crippen LogP) is -0.178. The van der Waals surface area contributed by atoms with Gasteiger partial charge in [-0.05, 0) is 18.4 Å². The molecule has 0 bridgehead atoms. The second-order valence-electron chi connectivity index (χ2n) is 4.10. The molecule has 1 aliphatic heterocycles. The molecule has 3 N–H and O–H groups in total. The third-order valence-electron chi connectivity index (χ3n) is 2.78. The fourth-order valence-corrected chi connectivity index (χ4v) is 2.85. The monoisotopic (exact) mass is 260 g/mol. The van der Waals surface area contributed by atoms with E-state index in [4.69, 9.17) is 9.84 Å². The van der Waals surface area contributed by atoms with Crippen LogP contribution in [-0.4, -0.2) is 38.3 Å². The molecule has 17 heavy (non-hydrogen) atoms. The molecule has 96 valence electrons. The van der Waals surface area contributed by atoms with E-state index in [9.17, 15) is 8.42 Å². The lowest BCUT2D eigenvalue weighted by Crippen LogP contribution is -2.29. The minimum Gasteiger partial charge on any atom is -0.390 e. The molecule has 7 heteroatoms. The van der Waals surface area contributed by atoms with Crippen molar-refractivity contribution in [2.45, 2.75) is 17.9 Å². The molecule has 6 nitrogen and oxygen atoms in total. The summed E-state index contributed by atoms with van der Waals surface area (Å²) in [6.45, 7) is 1.50. The van der Waals surface area contributed by atoms with Gasteiger partial charge in [0.25, 0.3) is 0 Å². The molecule has 2 rings (SSSR count). The summed E-state index contributed by atoms with van der Waals surface area (Å²) in [4.78, 5) is 2.85. The summed E-state index contributed by atoms with van der Waals surface area (Å²) < 4.78 is 31.4. The maximum absolute atomic E-state index is 11.9. The molecule has 1 aliphatic rings. The molecule has 1 atom stereocenters. The first kappa shape index (κ1) is 12.6. The SMILES string of the molecule is O=S(=O)(NCC1CCOC1)c1c[nH]c(CO)c1. The van der Waals surface area contributed by atoms with Crippen LogP contribution in [0.5, 0.6) is 0 Å². The van der Waals surface area contributed by atoms with E-state index in [0.29, 0.717) is 25.5 Å². The molecule has 1 unspecified atom stereocenters. The zero-order valence-corrected chi connectivity index (χ0v) is 10.2. The minimum absolute atomic E-state index is 0.153. The summed E-state index contributed by atoms with van der Waals surface area (Å²) >= 11 is 0. The van der Waals surface area contributed by atoms with Gasteiger partial charge in [0.2, 0.25) is 10.0 Å². The topological polar surface area (TPSA) is 91.4 Å². The van der Waals surface area contributed by atoms with E-state index >= 15 is 0 Å². The number of sulfonamides is 1. The summed E-state index contributed by atoms with van der Waals surface area (Å²) in [6.07, 6.45) is 2.26. The van der Waals surface area contributed by atoms with Gasteiger partial charge in [-0.25, -0.2) is 13.1 Å². The number of aliphatic hydroxyl groups is 1. The van der Waals surface area contributed by atoms with Gasteiger partial charge in [0.1, 0.15) is 0 Å². The smallest absolute Gasteiger partial charge is 0.242 e. The predicted molar refractivity (Wildman–Crippen MR) is 60.8 cm³/mol. The van der Waals surface area contributed by atoms with Crippen molar-refractivity contribution in [1.29, 1.82) is 0 Å². The normalized spacial score (nSPS) is 20.9. The van der Waals surface area contributed by atoms with Crippen molar-refractivity contribution >= 4 is 10.0 Å². The molecule has 0 radical (unpaired) electrons. The number of hydrogen-bond donors (Lipinski definition) is 3. The Hall–Kier alpha value is -0.890. The first-order valence-electron chi connectivity index (χ1n) is 5.47. The van der Waals surface area contributed by atoms with Crippen molar-refractivity contribution < 1.29 is 18.3 Å². The van der Waals surface area contributed by atoms with Gasteiger partial charge in [-0.15, -0.1) is 0 Å². The highest BCUT2D eigenvalue weighted by Crippen LogP contribution is 2.14. The largest absolute Gasteiger partial charge is 0.390 e. The van der Waals surface area contributed by atoms with Crippen LogP contribution in [0, 0.1) is 5.92 Å². The number of aromatic amines is 1. The highest BCUT2D eigenvalue weighted by Gasteiger charge is 2.20. The number of rotatable bonds is 5. The highest BCUT2D eigenvalue weighted by molar-refractivity contribution is 7.89. The Morgan fingerprint density at radius 1 is 1.59 bits per heavy atom. The Bertz CT molecular complexity index is 462. The first-order chi connectivity index (χ1) is 8.12. The number of ether oxygens (including phenoxy) is 1. The van der Waals surface area contributed by atoms with Crippen LogP contribution in [-0.2, 0) is 21.4 Å². The number of hydrogen-bond acceptors (Lipinski definition) is 4. The van der Waals surface area contributed by atoms with Crippen molar-refractivity contribution in [2.24, 2.45) is 5.92 Å². The molecule has 0 amide bonds. The third kappa shape index (κ3) is 3.06. The van der Waals surface area contributed by atoms with Crippen LogP contribution in [0.1, 0.15) is 12.1 Å². The molecule has 1 saturated heterocycles. The second kappa shape index (κ2) is 5.18. The van der Waals surface area contributed by atoms with E-state index in [2.05, 4.69) is 9.71 Å². The van der Waals surface area contributed by atoms with Gasteiger partial charge in [-0.2, -0.15) is 0 Å². The highest BCUT2D eigenvalue weighted by atomic mass is 32.2. The van der Waals surface area contributed by atoms with E-state index < -0.39 is 10.0 Å². The van der Waals surface area contributed by atoms with E-state index in [1.54, 1.807) is 0 Å². The minimum atomic E-state index is -3.48. The van der Waals surface area contributed by atoms with Crippen LogP contribution >= 0.6 is 0 Å². The van der Waals surface area contributed by atoms with E-state index in [1.165, 1.54) is 12.3 Å². The lowest BCUT2D eigenvalue weighted by Gasteiger charge is -2.08. The summed E-state index contributed by atoms with van der Waals surface area (Å²) in [5.74, 6) is 0.251. The van der Waals surface area contributed by atoms with Crippen LogP contribution in [0.4, 0.5) is 0 Å². The molecule has 0 saturated carbocycles. The van der Waals surface area contributed by atoms with Crippen LogP contribution in [0.15, 0.2) is 17.2 Å². The van der Waals surface area contributed by atoms with Crippen molar-refractivity contribution in [3.05, 3.63) is 18.0 Å². The summed E-state index contributed by atoms with van der Waals surface area (Å²) in [6, 6.07) is 1.42. The standard InChI is InChI=1S/C10H16N2O4S/c13-6-9-3-10(5-11-9)17(14,15)12-4-8-1-2-16-7-8/h3,5,8,11-13H,1-2,4,6-7H2. The Kier molecular flexibility index (Phi) is 3.82. The molecule has 1 aromatic heterocycles. The molecule has 2 heterocycles. The van der Waals surface area contributed by atoms with Gasteiger partial charge in [0, 0.05) is 25.0 Å². The maximum Gasteiger partial charge on any atom is 0.242 e. The summed E-state index contributed by atoms with van der Waals surface area (Å²) in [5.41, 5.74) is 0.481. The van der Waals surface area contributed by atoms with Crippen LogP contribution < -0.4 is 4.72 Å². The van der Waals surface area contributed by atoms with Gasteiger partial charge in [-0.1, -0.05) is 0 Å². The van der Waals surface area contributed by atoms with Crippen molar-refractivity contribution in [3.8, 4) is 0 Å². The fraction of sp³-hybridized carbons (Fsp3) is 0.600. The zero-order valence-electron chi connectivity index (χ0n) is 9.35. The van der Waals surface area contributed by atoms with Gasteiger partial charge in [0.15, 0.2) is 0 Å². The molecular formula is C10H16N2O4S. The van der Waals surface area contributed by atoms with Crippen LogP contribution in [0.3, 0.4) is 0 Å². The Morgan fingerprint density at radius 2 is 2.41 bits per heavy atom. The number of H-pyrrole nitrogens is 1. The first-order valence-corrected chi connectivity index (χ1v) is 6.95. The summed E-state index contributed by atoms with van der Waals surface area (Å²) in [5, 5.41) is 8.86. The number of aromatic nitrogens is 1. The van der Waals surface area contributed by atoms with E-state index in [0.717, 1.165) is 6.42 Å². The Balaban J connectivity index is 1.97. The Morgan fingerprint density at radius 3 is 3.00 bits per heavy atom. The Labute approximate surface area is 100 Å². The van der Waals surface area contributed by atoms with Crippen molar-refractivity contribution in [3.63, 3.8) is 0 Å². The van der Waals surface area contributed by atoms with Gasteiger partial charge < -0.3 is 14.8 Å². The van der Waals surface area contributed by atoms with Crippen molar-refractivity contribution in [2.75, 3.05) is 19.8 Å². The average Bonchev–Trinajstić information content (AvgIpc) is 2.98. The third-order valence-corrected chi connectivity index (χ3v) is 4.19. The molecule has 0 aromatic carbocycles. The average molecular weight is 260 g/mol. The fourth-order valence-electron chi connectivity index (χ4n) is 1.72. The van der Waals surface area contributed by atoms with E-state index in [-0.39, 0.29) is 17.4 Å². The lowest BCUT2D eigenvalue weighted by atomic mass is 10.1. The maximum atomic E-state index is 11.9. The number of nitrogens with one attached hydrogen (secondary N) is 2. The molecule has 1 aromatic rings. The molecule has 0 spiro atoms. The van der Waals surface area contributed by atoms with Crippen LogP contribution in [0.25, 0.3) is 0 Å². The lowest BCUT2D eigenvalue weighted by molar-refractivity contribution is 0.186. The van der Waals surface area contributed by atoms with Gasteiger partial charge in [0.05, 0.1) is 18.1 Å². The van der Waals surface area contributed by atoms with E-state index in [1.807, 2.05) is 0 Å². The van der Waals surface area contributed by atoms with Crippen molar-refractivity contribution in [1.82, 2.24) is 9.71 Å². The second-order valence-corrected chi connectivity index (χ2v) is 5.87. The molecule has 0 aliphatic carbocycles. The zero-order chi connectivity index (χ0) is 12.3. The molecular weight excluding hydrogens is 244 g/mol. The number of aliphatic hydroxyl groups excluding tert-OH is 1. The quantitative estimate of drug-likeness (QED) is 0.685. The van der Waals surface area contributed by atoms with Crippen LogP contribution in [0.2, 0.25) is 0 Å². The summed E-state index contributed by atoms with van der Waals surface area (Å²) in [7, 11) is -3.48. The molecule has 1 fully saturated rings.